The van der Waals surface area contributed by atoms with Crippen LogP contribution in [-0.2, 0) is 19.1 Å². The zero-order valence-electron chi connectivity index (χ0n) is 10.1. The lowest BCUT2D eigenvalue weighted by atomic mass is 10.1. The lowest BCUT2D eigenvalue weighted by Gasteiger charge is -2.06. The minimum absolute atomic E-state index is 0.0392. The fourth-order valence-corrected chi connectivity index (χ4v) is 1.69. The molecule has 94 valence electrons. The minimum atomic E-state index is -0.677. The van der Waals surface area contributed by atoms with Crippen LogP contribution in [0.15, 0.2) is 29.8 Å². The number of methoxy groups -OCH3 is 2. The number of carbonyl (C=O) groups is 2. The Morgan fingerprint density at radius 1 is 1.22 bits per heavy atom. The molecular weight excluding hydrogens is 236 g/mol. The van der Waals surface area contributed by atoms with Crippen molar-refractivity contribution in [3.05, 3.63) is 35.4 Å². The topological polar surface area (TPSA) is 61.8 Å². The van der Waals surface area contributed by atoms with Gasteiger partial charge >= 0.3 is 5.97 Å². The number of Topliss-reactive ketones (excluding diaryl/α,β-unsaturated/α-hetero) is 1. The summed E-state index contributed by atoms with van der Waals surface area (Å²) in [7, 11) is 2.79. The molecule has 5 nitrogen and oxygen atoms in total. The first-order chi connectivity index (χ1) is 8.67. The molecule has 0 saturated heterocycles. The normalized spacial score (nSPS) is 14.4. The number of rotatable bonds is 3. The van der Waals surface area contributed by atoms with Crippen LogP contribution < -0.4 is 4.74 Å². The Labute approximate surface area is 104 Å². The maximum atomic E-state index is 11.6. The lowest BCUT2D eigenvalue weighted by Crippen LogP contribution is -2.13. The van der Waals surface area contributed by atoms with E-state index in [1.54, 1.807) is 31.4 Å². The zero-order chi connectivity index (χ0) is 13.1. The van der Waals surface area contributed by atoms with Gasteiger partial charge in [-0.15, -0.1) is 0 Å². The summed E-state index contributed by atoms with van der Waals surface area (Å²) in [5.41, 5.74) is 0.602. The third-order valence-corrected chi connectivity index (χ3v) is 2.60. The molecule has 1 aliphatic rings. The average Bonchev–Trinajstić information content (AvgIpc) is 2.80. The van der Waals surface area contributed by atoms with Gasteiger partial charge in [-0.25, -0.2) is 4.79 Å². The Morgan fingerprint density at radius 2 is 1.89 bits per heavy atom. The molecule has 0 bridgehead atoms. The molecule has 18 heavy (non-hydrogen) atoms. The molecule has 1 heterocycles. The number of esters is 1. The monoisotopic (exact) mass is 248 g/mol. The van der Waals surface area contributed by atoms with E-state index < -0.39 is 5.97 Å². The third-order valence-electron chi connectivity index (χ3n) is 2.60. The number of carbonyl (C=O) groups excluding carboxylic acids is 2. The van der Waals surface area contributed by atoms with E-state index in [4.69, 9.17) is 9.47 Å². The van der Waals surface area contributed by atoms with E-state index in [2.05, 4.69) is 4.74 Å². The Morgan fingerprint density at radius 3 is 2.44 bits per heavy atom. The van der Waals surface area contributed by atoms with E-state index in [0.717, 1.165) is 0 Å². The summed E-state index contributed by atoms with van der Waals surface area (Å²) in [4.78, 5) is 23.1. The SMILES string of the molecule is COC(=O)C1=C(c2ccc(OC)cc2)OCC1=O. The van der Waals surface area contributed by atoms with Crippen LogP contribution >= 0.6 is 0 Å². The molecule has 0 amide bonds. The van der Waals surface area contributed by atoms with Crippen LogP contribution in [0.1, 0.15) is 5.56 Å². The van der Waals surface area contributed by atoms with Crippen LogP contribution in [0.4, 0.5) is 0 Å². The number of hydrogen-bond donors (Lipinski definition) is 0. The van der Waals surface area contributed by atoms with E-state index in [1.807, 2.05) is 0 Å². The van der Waals surface area contributed by atoms with Crippen LogP contribution in [-0.4, -0.2) is 32.6 Å². The molecule has 0 aliphatic carbocycles. The van der Waals surface area contributed by atoms with E-state index in [1.165, 1.54) is 7.11 Å². The second-order valence-corrected chi connectivity index (χ2v) is 3.64. The van der Waals surface area contributed by atoms with Crippen molar-refractivity contribution in [3.63, 3.8) is 0 Å². The van der Waals surface area contributed by atoms with Crippen LogP contribution in [0.3, 0.4) is 0 Å². The van der Waals surface area contributed by atoms with Crippen molar-refractivity contribution in [3.8, 4) is 5.75 Å². The standard InChI is InChI=1S/C13H12O5/c1-16-9-5-3-8(4-6-9)12-11(13(15)17-2)10(14)7-18-12/h3-6H,7H2,1-2H3. The van der Waals surface area contributed by atoms with E-state index in [0.29, 0.717) is 11.3 Å². The van der Waals surface area contributed by atoms with Crippen molar-refractivity contribution in [1.29, 1.82) is 0 Å². The van der Waals surface area contributed by atoms with Gasteiger partial charge < -0.3 is 14.2 Å². The molecule has 1 aliphatic heterocycles. The van der Waals surface area contributed by atoms with Gasteiger partial charge in [-0.05, 0) is 24.3 Å². The van der Waals surface area contributed by atoms with Gasteiger partial charge in [-0.3, -0.25) is 4.79 Å². The highest BCUT2D eigenvalue weighted by molar-refractivity contribution is 6.24. The lowest BCUT2D eigenvalue weighted by molar-refractivity contribution is -0.137. The number of hydrogen-bond acceptors (Lipinski definition) is 5. The molecule has 0 radical (unpaired) electrons. The van der Waals surface area contributed by atoms with Crippen molar-refractivity contribution in [2.45, 2.75) is 0 Å². The minimum Gasteiger partial charge on any atom is -0.497 e. The molecule has 0 unspecified atom stereocenters. The van der Waals surface area contributed by atoms with Gasteiger partial charge in [-0.2, -0.15) is 0 Å². The molecule has 1 aromatic carbocycles. The van der Waals surface area contributed by atoms with Crippen LogP contribution in [0, 0.1) is 0 Å². The number of benzene rings is 1. The molecule has 0 spiro atoms. The van der Waals surface area contributed by atoms with Crippen molar-refractivity contribution < 1.29 is 23.8 Å². The molecule has 0 N–H and O–H groups in total. The predicted molar refractivity (Wildman–Crippen MR) is 62.9 cm³/mol. The first-order valence-corrected chi connectivity index (χ1v) is 5.30. The molecule has 0 fully saturated rings. The smallest absolute Gasteiger partial charge is 0.345 e. The maximum Gasteiger partial charge on any atom is 0.345 e. The fourth-order valence-electron chi connectivity index (χ4n) is 1.69. The zero-order valence-corrected chi connectivity index (χ0v) is 10.1. The summed E-state index contributed by atoms with van der Waals surface area (Å²) in [6.45, 7) is -0.133. The number of ether oxygens (including phenoxy) is 3. The molecule has 5 heteroatoms. The molecule has 1 aromatic rings. The Balaban J connectivity index is 2.43. The second-order valence-electron chi connectivity index (χ2n) is 3.64. The van der Waals surface area contributed by atoms with Crippen LogP contribution in [0.25, 0.3) is 5.76 Å². The van der Waals surface area contributed by atoms with Gasteiger partial charge in [0.15, 0.2) is 6.61 Å². The van der Waals surface area contributed by atoms with Crippen LogP contribution in [0.2, 0.25) is 0 Å². The largest absolute Gasteiger partial charge is 0.497 e. The summed E-state index contributed by atoms with van der Waals surface area (Å²) in [5, 5.41) is 0. The third kappa shape index (κ3) is 2.07. The van der Waals surface area contributed by atoms with Crippen molar-refractivity contribution in [2.75, 3.05) is 20.8 Å². The quantitative estimate of drug-likeness (QED) is 0.593. The van der Waals surface area contributed by atoms with Crippen LogP contribution in [0.5, 0.6) is 5.75 Å². The maximum absolute atomic E-state index is 11.6. The average molecular weight is 248 g/mol. The van der Waals surface area contributed by atoms with Crippen molar-refractivity contribution in [2.24, 2.45) is 0 Å². The van der Waals surface area contributed by atoms with Gasteiger partial charge in [0, 0.05) is 5.56 Å². The molecular formula is C13H12O5. The molecule has 0 aromatic heterocycles. The van der Waals surface area contributed by atoms with Gasteiger partial charge in [0.25, 0.3) is 0 Å². The van der Waals surface area contributed by atoms with Gasteiger partial charge in [0.05, 0.1) is 14.2 Å². The molecule has 0 saturated carbocycles. The predicted octanol–water partition coefficient (Wildman–Crippen LogP) is 1.18. The van der Waals surface area contributed by atoms with E-state index in [-0.39, 0.29) is 23.7 Å². The first kappa shape index (κ1) is 12.2. The summed E-state index contributed by atoms with van der Waals surface area (Å²) in [6.07, 6.45) is 0. The number of ketones is 1. The highest BCUT2D eigenvalue weighted by Crippen LogP contribution is 2.28. The van der Waals surface area contributed by atoms with Gasteiger partial charge in [-0.1, -0.05) is 0 Å². The Hall–Kier alpha value is -2.30. The summed E-state index contributed by atoms with van der Waals surface area (Å²) in [6, 6.07) is 6.89. The Kier molecular flexibility index (Phi) is 3.32. The molecule has 2 rings (SSSR count). The van der Waals surface area contributed by atoms with E-state index >= 15 is 0 Å². The highest BCUT2D eigenvalue weighted by Gasteiger charge is 2.32. The second kappa shape index (κ2) is 4.91. The van der Waals surface area contributed by atoms with Crippen molar-refractivity contribution >= 4 is 17.5 Å². The summed E-state index contributed by atoms with van der Waals surface area (Å²) >= 11 is 0. The fraction of sp³-hybridized carbons (Fsp3) is 0.231. The molecule has 0 atom stereocenters. The van der Waals surface area contributed by atoms with Gasteiger partial charge in [0.1, 0.15) is 17.1 Å². The van der Waals surface area contributed by atoms with Gasteiger partial charge in [0.2, 0.25) is 5.78 Å². The first-order valence-electron chi connectivity index (χ1n) is 5.30. The van der Waals surface area contributed by atoms with Crippen molar-refractivity contribution in [1.82, 2.24) is 0 Å². The summed E-state index contributed by atoms with van der Waals surface area (Å²) < 4.78 is 14.9. The highest BCUT2D eigenvalue weighted by atomic mass is 16.5. The van der Waals surface area contributed by atoms with E-state index in [9.17, 15) is 9.59 Å². The Bertz CT molecular complexity index is 513. The summed E-state index contributed by atoms with van der Waals surface area (Å²) in [5.74, 6) is -0.103.